The van der Waals surface area contributed by atoms with Crippen molar-refractivity contribution in [2.24, 2.45) is 5.16 Å². The number of halogens is 2. The number of hydrogen-bond donors (Lipinski definition) is 1. The van der Waals surface area contributed by atoms with Crippen molar-refractivity contribution in [3.63, 3.8) is 0 Å². The normalized spacial score (nSPS) is 10.8. The number of anilines is 1. The molecule has 1 amide bonds. The van der Waals surface area contributed by atoms with Crippen molar-refractivity contribution in [1.82, 2.24) is 0 Å². The summed E-state index contributed by atoms with van der Waals surface area (Å²) < 4.78 is 28.9. The van der Waals surface area contributed by atoms with E-state index in [0.717, 1.165) is 5.56 Å². The fourth-order valence-corrected chi connectivity index (χ4v) is 1.90. The third kappa shape index (κ3) is 5.68. The van der Waals surface area contributed by atoms with E-state index in [0.29, 0.717) is 11.3 Å². The van der Waals surface area contributed by atoms with Crippen LogP contribution in [0.2, 0.25) is 0 Å². The van der Waals surface area contributed by atoms with Crippen molar-refractivity contribution in [3.05, 3.63) is 59.7 Å². The number of nitrogens with zero attached hydrogens (tertiary/aromatic N) is 1. The first-order valence-corrected chi connectivity index (χ1v) is 7.10. The SMILES string of the molecule is Cc1cccc(NC(=O)CO/N=C/c2ccccc2OC(F)F)c1. The molecule has 2 aromatic carbocycles. The standard InChI is InChI=1S/C17H16F2N2O3/c1-12-5-4-7-14(9-12)21-16(22)11-23-20-10-13-6-2-3-8-15(13)24-17(18)19/h2-10,17H,11H2,1H3,(H,21,22)/b20-10+. The maximum absolute atomic E-state index is 12.3. The molecule has 0 aliphatic carbocycles. The lowest BCUT2D eigenvalue weighted by Crippen LogP contribution is -2.17. The lowest BCUT2D eigenvalue weighted by molar-refractivity contribution is -0.120. The first-order valence-electron chi connectivity index (χ1n) is 7.10. The highest BCUT2D eigenvalue weighted by atomic mass is 19.3. The molecule has 0 aliphatic heterocycles. The Morgan fingerprint density at radius 3 is 2.79 bits per heavy atom. The number of para-hydroxylation sites is 1. The minimum atomic E-state index is -2.93. The Morgan fingerprint density at radius 2 is 2.04 bits per heavy atom. The van der Waals surface area contributed by atoms with Crippen LogP contribution >= 0.6 is 0 Å². The quantitative estimate of drug-likeness (QED) is 0.622. The van der Waals surface area contributed by atoms with E-state index in [1.807, 2.05) is 25.1 Å². The van der Waals surface area contributed by atoms with Crippen LogP contribution in [-0.4, -0.2) is 25.3 Å². The number of alkyl halides is 2. The fraction of sp³-hybridized carbons (Fsp3) is 0.176. The summed E-state index contributed by atoms with van der Waals surface area (Å²) in [6, 6.07) is 13.4. The second kappa shape index (κ2) is 8.61. The van der Waals surface area contributed by atoms with Crippen molar-refractivity contribution in [2.75, 3.05) is 11.9 Å². The van der Waals surface area contributed by atoms with Crippen LogP contribution in [0.15, 0.2) is 53.7 Å². The van der Waals surface area contributed by atoms with Gasteiger partial charge in [0.25, 0.3) is 5.91 Å². The Labute approximate surface area is 137 Å². The Bertz CT molecular complexity index is 720. The predicted octanol–water partition coefficient (Wildman–Crippen LogP) is 3.59. The zero-order chi connectivity index (χ0) is 17.4. The number of benzene rings is 2. The van der Waals surface area contributed by atoms with Crippen LogP contribution in [0.1, 0.15) is 11.1 Å². The molecule has 126 valence electrons. The monoisotopic (exact) mass is 334 g/mol. The summed E-state index contributed by atoms with van der Waals surface area (Å²) in [6.07, 6.45) is 1.21. The Morgan fingerprint density at radius 1 is 1.25 bits per heavy atom. The van der Waals surface area contributed by atoms with E-state index in [2.05, 4.69) is 15.2 Å². The highest BCUT2D eigenvalue weighted by molar-refractivity contribution is 5.91. The number of nitrogens with one attached hydrogen (secondary N) is 1. The lowest BCUT2D eigenvalue weighted by Gasteiger charge is -2.07. The van der Waals surface area contributed by atoms with Crippen molar-refractivity contribution in [3.8, 4) is 5.75 Å². The summed E-state index contributed by atoms with van der Waals surface area (Å²) in [5.41, 5.74) is 1.99. The van der Waals surface area contributed by atoms with E-state index in [-0.39, 0.29) is 18.3 Å². The number of hydrogen-bond acceptors (Lipinski definition) is 4. The highest BCUT2D eigenvalue weighted by Crippen LogP contribution is 2.18. The van der Waals surface area contributed by atoms with Gasteiger partial charge >= 0.3 is 6.61 Å². The number of oxime groups is 1. The molecule has 2 aromatic rings. The molecular weight excluding hydrogens is 318 g/mol. The van der Waals surface area contributed by atoms with Crippen LogP contribution in [0, 0.1) is 6.92 Å². The average molecular weight is 334 g/mol. The molecule has 0 fully saturated rings. The van der Waals surface area contributed by atoms with Gasteiger partial charge in [-0.1, -0.05) is 29.4 Å². The molecule has 5 nitrogen and oxygen atoms in total. The molecule has 2 rings (SSSR count). The van der Waals surface area contributed by atoms with E-state index < -0.39 is 6.61 Å². The summed E-state index contributed by atoms with van der Waals surface area (Å²) in [7, 11) is 0. The molecule has 0 radical (unpaired) electrons. The molecule has 7 heteroatoms. The largest absolute Gasteiger partial charge is 0.434 e. The molecule has 0 spiro atoms. The van der Waals surface area contributed by atoms with E-state index in [1.54, 1.807) is 18.2 Å². The molecular formula is C17H16F2N2O3. The average Bonchev–Trinajstić information content (AvgIpc) is 2.52. The van der Waals surface area contributed by atoms with Crippen molar-refractivity contribution in [2.45, 2.75) is 13.5 Å². The summed E-state index contributed by atoms with van der Waals surface area (Å²) in [4.78, 5) is 16.6. The minimum absolute atomic E-state index is 0.0240. The van der Waals surface area contributed by atoms with Crippen molar-refractivity contribution in [1.29, 1.82) is 0 Å². The van der Waals surface area contributed by atoms with Gasteiger partial charge in [0.15, 0.2) is 6.61 Å². The molecule has 0 unspecified atom stereocenters. The van der Waals surface area contributed by atoms with Gasteiger partial charge in [0.1, 0.15) is 5.75 Å². The van der Waals surface area contributed by atoms with Gasteiger partial charge in [0.05, 0.1) is 6.21 Å². The number of carbonyl (C=O) groups is 1. The number of amides is 1. The number of ether oxygens (including phenoxy) is 1. The van der Waals surface area contributed by atoms with E-state index >= 15 is 0 Å². The van der Waals surface area contributed by atoms with Gasteiger partial charge in [-0.3, -0.25) is 4.79 Å². The van der Waals surface area contributed by atoms with Gasteiger partial charge in [-0.2, -0.15) is 8.78 Å². The smallest absolute Gasteiger partial charge is 0.387 e. The summed E-state index contributed by atoms with van der Waals surface area (Å²) in [5.74, 6) is -0.404. The highest BCUT2D eigenvalue weighted by Gasteiger charge is 2.07. The van der Waals surface area contributed by atoms with Crippen LogP contribution in [0.3, 0.4) is 0 Å². The Hall–Kier alpha value is -2.96. The molecule has 0 atom stereocenters. The minimum Gasteiger partial charge on any atom is -0.434 e. The van der Waals surface area contributed by atoms with Crippen LogP contribution in [0.4, 0.5) is 14.5 Å². The Balaban J connectivity index is 1.85. The second-order valence-electron chi connectivity index (χ2n) is 4.84. The van der Waals surface area contributed by atoms with Crippen LogP contribution in [0.5, 0.6) is 5.75 Å². The molecule has 0 aromatic heterocycles. The zero-order valence-corrected chi connectivity index (χ0v) is 12.9. The zero-order valence-electron chi connectivity index (χ0n) is 12.9. The molecule has 0 saturated carbocycles. The molecule has 0 heterocycles. The van der Waals surface area contributed by atoms with Gasteiger partial charge < -0.3 is 14.9 Å². The van der Waals surface area contributed by atoms with Gasteiger partial charge in [0, 0.05) is 11.3 Å². The first kappa shape index (κ1) is 17.4. The maximum Gasteiger partial charge on any atom is 0.387 e. The molecule has 0 aliphatic rings. The summed E-state index contributed by atoms with van der Waals surface area (Å²) in [6.45, 7) is -1.32. The van der Waals surface area contributed by atoms with Crippen LogP contribution in [0.25, 0.3) is 0 Å². The lowest BCUT2D eigenvalue weighted by atomic mass is 10.2. The van der Waals surface area contributed by atoms with Crippen molar-refractivity contribution < 1.29 is 23.1 Å². The molecule has 24 heavy (non-hydrogen) atoms. The predicted molar refractivity (Wildman–Crippen MR) is 86.4 cm³/mol. The van der Waals surface area contributed by atoms with Crippen LogP contribution < -0.4 is 10.1 Å². The fourth-order valence-electron chi connectivity index (χ4n) is 1.90. The number of aryl methyl sites for hydroxylation is 1. The van der Waals surface area contributed by atoms with E-state index in [1.165, 1.54) is 18.3 Å². The third-order valence-corrected chi connectivity index (χ3v) is 2.90. The second-order valence-corrected chi connectivity index (χ2v) is 4.84. The van der Waals surface area contributed by atoms with Gasteiger partial charge in [0.2, 0.25) is 0 Å². The van der Waals surface area contributed by atoms with E-state index in [4.69, 9.17) is 4.84 Å². The molecule has 0 bridgehead atoms. The summed E-state index contributed by atoms with van der Waals surface area (Å²) in [5, 5.41) is 6.26. The molecule has 0 saturated heterocycles. The first-order chi connectivity index (χ1) is 11.5. The topological polar surface area (TPSA) is 59.9 Å². The molecule has 1 N–H and O–H groups in total. The van der Waals surface area contributed by atoms with Gasteiger partial charge in [-0.25, -0.2) is 0 Å². The number of rotatable bonds is 7. The van der Waals surface area contributed by atoms with Gasteiger partial charge in [-0.05, 0) is 36.8 Å². The van der Waals surface area contributed by atoms with Crippen molar-refractivity contribution >= 4 is 17.8 Å². The van der Waals surface area contributed by atoms with Crippen LogP contribution in [-0.2, 0) is 9.63 Å². The Kier molecular flexibility index (Phi) is 6.24. The maximum atomic E-state index is 12.3. The summed E-state index contributed by atoms with van der Waals surface area (Å²) >= 11 is 0. The number of carbonyl (C=O) groups excluding carboxylic acids is 1. The van der Waals surface area contributed by atoms with E-state index in [9.17, 15) is 13.6 Å². The van der Waals surface area contributed by atoms with Gasteiger partial charge in [-0.15, -0.1) is 0 Å². The third-order valence-electron chi connectivity index (χ3n) is 2.90.